The molecule has 2 unspecified atom stereocenters. The molecule has 0 heterocycles. The first-order chi connectivity index (χ1) is 8.02. The molecule has 0 aliphatic heterocycles. The molecule has 1 nitrogen and oxygen atoms in total. The van der Waals surface area contributed by atoms with Gasteiger partial charge in [0.2, 0.25) is 0 Å². The van der Waals surface area contributed by atoms with E-state index in [-0.39, 0.29) is 6.42 Å². The highest BCUT2D eigenvalue weighted by Crippen LogP contribution is 2.17. The first-order valence-electron chi connectivity index (χ1n) is 6.15. The highest BCUT2D eigenvalue weighted by Gasteiger charge is 2.13. The monoisotopic (exact) mass is 242 g/mol. The van der Waals surface area contributed by atoms with E-state index in [4.69, 9.17) is 0 Å². The zero-order chi connectivity index (χ0) is 12.8. The van der Waals surface area contributed by atoms with Crippen molar-refractivity contribution < 1.29 is 13.9 Å². The molecule has 0 aliphatic carbocycles. The maximum absolute atomic E-state index is 13.3. The zero-order valence-corrected chi connectivity index (χ0v) is 10.4. The van der Waals surface area contributed by atoms with Crippen LogP contribution in [0, 0.1) is 17.6 Å². The Labute approximate surface area is 101 Å². The van der Waals surface area contributed by atoms with Gasteiger partial charge in [0.1, 0.15) is 11.6 Å². The van der Waals surface area contributed by atoms with Gasteiger partial charge < -0.3 is 5.11 Å². The molecule has 3 heteroatoms. The standard InChI is InChI=1S/C14H20F2O/c1-3-4-10(2)7-13(17)8-11-5-6-12(15)9-14(11)16/h5-6,9-10,13,17H,3-4,7-8H2,1-2H3. The van der Waals surface area contributed by atoms with Crippen molar-refractivity contribution in [1.82, 2.24) is 0 Å². The van der Waals surface area contributed by atoms with Crippen molar-refractivity contribution in [2.24, 2.45) is 5.92 Å². The molecule has 0 bridgehead atoms. The molecule has 1 aromatic rings. The molecular weight excluding hydrogens is 222 g/mol. The van der Waals surface area contributed by atoms with Crippen LogP contribution in [0.1, 0.15) is 38.7 Å². The molecule has 96 valence electrons. The van der Waals surface area contributed by atoms with Crippen LogP contribution in [0.2, 0.25) is 0 Å². The van der Waals surface area contributed by atoms with Crippen LogP contribution in [0.15, 0.2) is 18.2 Å². The van der Waals surface area contributed by atoms with Gasteiger partial charge in [-0.15, -0.1) is 0 Å². The summed E-state index contributed by atoms with van der Waals surface area (Å²) in [4.78, 5) is 0. The molecule has 17 heavy (non-hydrogen) atoms. The van der Waals surface area contributed by atoms with E-state index in [1.807, 2.05) is 0 Å². The SMILES string of the molecule is CCCC(C)CC(O)Cc1ccc(F)cc1F. The Hall–Kier alpha value is -0.960. The minimum Gasteiger partial charge on any atom is -0.393 e. The minimum absolute atomic E-state index is 0.250. The van der Waals surface area contributed by atoms with Crippen LogP contribution in [0.3, 0.4) is 0 Å². The van der Waals surface area contributed by atoms with Crippen molar-refractivity contribution in [3.63, 3.8) is 0 Å². The molecule has 0 saturated heterocycles. The highest BCUT2D eigenvalue weighted by atomic mass is 19.1. The molecule has 0 amide bonds. The fourth-order valence-corrected chi connectivity index (χ4v) is 2.10. The van der Waals surface area contributed by atoms with Gasteiger partial charge in [0.05, 0.1) is 6.10 Å². The van der Waals surface area contributed by atoms with Crippen molar-refractivity contribution in [2.75, 3.05) is 0 Å². The highest BCUT2D eigenvalue weighted by molar-refractivity contribution is 5.19. The fourth-order valence-electron chi connectivity index (χ4n) is 2.10. The summed E-state index contributed by atoms with van der Waals surface area (Å²) < 4.78 is 26.0. The number of aliphatic hydroxyl groups excluding tert-OH is 1. The molecule has 0 radical (unpaired) electrons. The van der Waals surface area contributed by atoms with Crippen molar-refractivity contribution in [3.05, 3.63) is 35.4 Å². The number of rotatable bonds is 6. The lowest BCUT2D eigenvalue weighted by atomic mass is 9.95. The van der Waals surface area contributed by atoms with Gasteiger partial charge in [0, 0.05) is 12.5 Å². The molecule has 0 saturated carbocycles. The van der Waals surface area contributed by atoms with Gasteiger partial charge >= 0.3 is 0 Å². The van der Waals surface area contributed by atoms with Crippen LogP contribution in [-0.4, -0.2) is 11.2 Å². The second-order valence-corrected chi connectivity index (χ2v) is 4.72. The summed E-state index contributed by atoms with van der Waals surface area (Å²) >= 11 is 0. The van der Waals surface area contributed by atoms with Crippen LogP contribution in [0.25, 0.3) is 0 Å². The van der Waals surface area contributed by atoms with Gasteiger partial charge in [-0.2, -0.15) is 0 Å². The number of aliphatic hydroxyl groups is 1. The summed E-state index contributed by atoms with van der Waals surface area (Å²) in [6.45, 7) is 4.18. The van der Waals surface area contributed by atoms with Crippen LogP contribution in [-0.2, 0) is 6.42 Å². The molecular formula is C14H20F2O. The van der Waals surface area contributed by atoms with E-state index < -0.39 is 17.7 Å². The average molecular weight is 242 g/mol. The Bertz CT molecular complexity index is 352. The predicted molar refractivity (Wildman–Crippen MR) is 64.8 cm³/mol. The summed E-state index contributed by atoms with van der Waals surface area (Å²) in [7, 11) is 0. The first kappa shape index (κ1) is 14.1. The van der Waals surface area contributed by atoms with Crippen molar-refractivity contribution in [2.45, 2.75) is 45.6 Å². The smallest absolute Gasteiger partial charge is 0.129 e. The van der Waals surface area contributed by atoms with Crippen molar-refractivity contribution in [3.8, 4) is 0 Å². The average Bonchev–Trinajstić information content (AvgIpc) is 2.22. The van der Waals surface area contributed by atoms with Crippen LogP contribution in [0.5, 0.6) is 0 Å². The molecule has 0 fully saturated rings. The van der Waals surface area contributed by atoms with Crippen LogP contribution >= 0.6 is 0 Å². The lowest BCUT2D eigenvalue weighted by Gasteiger charge is -2.16. The van der Waals surface area contributed by atoms with Gasteiger partial charge in [-0.25, -0.2) is 8.78 Å². The quantitative estimate of drug-likeness (QED) is 0.806. The van der Waals surface area contributed by atoms with E-state index in [2.05, 4.69) is 13.8 Å². The largest absolute Gasteiger partial charge is 0.393 e. The number of benzene rings is 1. The van der Waals surface area contributed by atoms with Gasteiger partial charge in [-0.3, -0.25) is 0 Å². The van der Waals surface area contributed by atoms with Crippen LogP contribution in [0.4, 0.5) is 8.78 Å². The Balaban J connectivity index is 2.52. The number of hydrogen-bond acceptors (Lipinski definition) is 1. The fraction of sp³-hybridized carbons (Fsp3) is 0.571. The normalized spacial score (nSPS) is 14.6. The van der Waals surface area contributed by atoms with E-state index in [1.165, 1.54) is 12.1 Å². The summed E-state index contributed by atoms with van der Waals surface area (Å²) in [6.07, 6.45) is 2.49. The Morgan fingerprint density at radius 2 is 2.00 bits per heavy atom. The summed E-state index contributed by atoms with van der Waals surface area (Å²) in [5.74, 6) is -0.731. The van der Waals surface area contributed by atoms with E-state index >= 15 is 0 Å². The Kier molecular flexibility index (Phi) is 5.56. The topological polar surface area (TPSA) is 20.2 Å². The first-order valence-corrected chi connectivity index (χ1v) is 6.15. The Morgan fingerprint density at radius 3 is 2.59 bits per heavy atom. The van der Waals surface area contributed by atoms with E-state index in [0.29, 0.717) is 17.9 Å². The van der Waals surface area contributed by atoms with Crippen molar-refractivity contribution in [1.29, 1.82) is 0 Å². The van der Waals surface area contributed by atoms with Gasteiger partial charge in [0.15, 0.2) is 0 Å². The third-order valence-corrected chi connectivity index (χ3v) is 2.93. The third-order valence-electron chi connectivity index (χ3n) is 2.93. The summed E-state index contributed by atoms with van der Waals surface area (Å²) in [5, 5.41) is 9.83. The lowest BCUT2D eigenvalue weighted by molar-refractivity contribution is 0.142. The maximum Gasteiger partial charge on any atom is 0.129 e. The van der Waals surface area contributed by atoms with E-state index in [9.17, 15) is 13.9 Å². The molecule has 1 rings (SSSR count). The van der Waals surface area contributed by atoms with Gasteiger partial charge in [-0.05, 0) is 24.0 Å². The van der Waals surface area contributed by atoms with Gasteiger partial charge in [0.25, 0.3) is 0 Å². The summed E-state index contributed by atoms with van der Waals surface area (Å²) in [6, 6.07) is 3.48. The third kappa shape index (κ3) is 4.82. The number of hydrogen-bond donors (Lipinski definition) is 1. The van der Waals surface area contributed by atoms with E-state index in [1.54, 1.807) is 0 Å². The van der Waals surface area contributed by atoms with Crippen molar-refractivity contribution >= 4 is 0 Å². The number of halogens is 2. The lowest BCUT2D eigenvalue weighted by Crippen LogP contribution is -2.15. The molecule has 2 atom stereocenters. The molecule has 0 spiro atoms. The zero-order valence-electron chi connectivity index (χ0n) is 10.4. The molecule has 1 aromatic carbocycles. The predicted octanol–water partition coefficient (Wildman–Crippen LogP) is 3.69. The molecule has 0 aromatic heterocycles. The Morgan fingerprint density at radius 1 is 1.29 bits per heavy atom. The van der Waals surface area contributed by atoms with Gasteiger partial charge in [-0.1, -0.05) is 32.8 Å². The summed E-state index contributed by atoms with van der Waals surface area (Å²) in [5.41, 5.74) is 0.377. The second kappa shape index (κ2) is 6.70. The van der Waals surface area contributed by atoms with E-state index in [0.717, 1.165) is 18.9 Å². The van der Waals surface area contributed by atoms with Crippen LogP contribution < -0.4 is 0 Å². The minimum atomic E-state index is -0.583. The molecule has 0 aliphatic rings. The molecule has 1 N–H and O–H groups in total. The maximum atomic E-state index is 13.3. The second-order valence-electron chi connectivity index (χ2n) is 4.72.